The van der Waals surface area contributed by atoms with Crippen LogP contribution < -0.4 is 9.46 Å². The Morgan fingerprint density at radius 1 is 1.17 bits per heavy atom. The fraction of sp³-hybridized carbons (Fsp3) is 0.250. The minimum absolute atomic E-state index is 0.208. The molecule has 0 spiro atoms. The van der Waals surface area contributed by atoms with Crippen LogP contribution in [-0.2, 0) is 10.0 Å². The van der Waals surface area contributed by atoms with Crippen molar-refractivity contribution in [3.8, 4) is 5.75 Å². The molecule has 0 heterocycles. The number of nitrogens with one attached hydrogen (secondary N) is 1. The summed E-state index contributed by atoms with van der Waals surface area (Å²) in [5, 5.41) is 0. The average Bonchev–Trinajstić information content (AvgIpc) is 2.50. The normalized spacial score (nSPS) is 11.5. The van der Waals surface area contributed by atoms with Gasteiger partial charge >= 0.3 is 0 Å². The van der Waals surface area contributed by atoms with E-state index in [1.807, 2.05) is 25.1 Å². The first-order chi connectivity index (χ1) is 11.3. The third kappa shape index (κ3) is 5.61. The first-order valence-electron chi connectivity index (χ1n) is 7.13. The lowest BCUT2D eigenvalue weighted by molar-refractivity contribution is 0.260. The van der Waals surface area contributed by atoms with Crippen LogP contribution in [0.5, 0.6) is 5.75 Å². The van der Waals surface area contributed by atoms with E-state index in [4.69, 9.17) is 4.74 Å². The van der Waals surface area contributed by atoms with Gasteiger partial charge in [-0.1, -0.05) is 15.9 Å². The van der Waals surface area contributed by atoms with Crippen LogP contribution in [0.2, 0.25) is 0 Å². The van der Waals surface area contributed by atoms with Gasteiger partial charge in [0.15, 0.2) is 0 Å². The molecule has 130 valence electrons. The minimum atomic E-state index is -3.63. The largest absolute Gasteiger partial charge is 0.491 e. The summed E-state index contributed by atoms with van der Waals surface area (Å²) >= 11 is 5.46. The minimum Gasteiger partial charge on any atom is -0.491 e. The van der Waals surface area contributed by atoms with Gasteiger partial charge in [0, 0.05) is 17.1 Å². The van der Waals surface area contributed by atoms with Crippen molar-refractivity contribution in [1.29, 1.82) is 0 Å². The van der Waals surface area contributed by atoms with Crippen LogP contribution in [-0.4, -0.2) is 40.6 Å². The maximum Gasteiger partial charge on any atom is 0.261 e. The van der Waals surface area contributed by atoms with Gasteiger partial charge in [-0.2, -0.15) is 0 Å². The zero-order valence-electron chi connectivity index (χ0n) is 13.3. The van der Waals surface area contributed by atoms with Crippen molar-refractivity contribution in [3.05, 3.63) is 50.5 Å². The van der Waals surface area contributed by atoms with E-state index in [9.17, 15) is 8.42 Å². The lowest BCUT2D eigenvalue weighted by Gasteiger charge is -2.14. The second-order valence-corrected chi connectivity index (χ2v) is 9.12. The molecule has 0 fully saturated rings. The number of hydrogen-bond acceptors (Lipinski definition) is 4. The maximum absolute atomic E-state index is 12.4. The summed E-state index contributed by atoms with van der Waals surface area (Å²) in [7, 11) is 0.308. The van der Waals surface area contributed by atoms with Gasteiger partial charge in [-0.3, -0.25) is 4.72 Å². The molecule has 0 aromatic heterocycles. The Bertz CT molecular complexity index is 795. The van der Waals surface area contributed by atoms with E-state index in [2.05, 4.69) is 43.2 Å². The van der Waals surface area contributed by atoms with Gasteiger partial charge in [-0.25, -0.2) is 8.42 Å². The SMILES string of the molecule is CN(C)CCOc1cc(NS(=O)(=O)c2ccc(Br)cc2)ccc1I. The summed E-state index contributed by atoms with van der Waals surface area (Å²) in [5.41, 5.74) is 0.471. The number of sulfonamides is 1. The Morgan fingerprint density at radius 3 is 2.46 bits per heavy atom. The quantitative estimate of drug-likeness (QED) is 0.560. The third-order valence-electron chi connectivity index (χ3n) is 3.10. The number of halogens is 2. The molecule has 8 heteroatoms. The van der Waals surface area contributed by atoms with Crippen molar-refractivity contribution in [3.63, 3.8) is 0 Å². The van der Waals surface area contributed by atoms with Gasteiger partial charge in [-0.15, -0.1) is 0 Å². The number of anilines is 1. The lowest BCUT2D eigenvalue weighted by Crippen LogP contribution is -2.19. The van der Waals surface area contributed by atoms with E-state index in [-0.39, 0.29) is 4.90 Å². The number of rotatable bonds is 7. The standard InChI is InChI=1S/C16H18BrIN2O3S/c1-20(2)9-10-23-16-11-13(5-8-15(16)18)19-24(21,22)14-6-3-12(17)4-7-14/h3-8,11,19H,9-10H2,1-2H3. The predicted octanol–water partition coefficient (Wildman–Crippen LogP) is 3.79. The van der Waals surface area contributed by atoms with Gasteiger partial charge in [0.1, 0.15) is 12.4 Å². The van der Waals surface area contributed by atoms with Crippen molar-refractivity contribution in [2.45, 2.75) is 4.90 Å². The van der Waals surface area contributed by atoms with Crippen molar-refractivity contribution in [1.82, 2.24) is 4.90 Å². The second-order valence-electron chi connectivity index (χ2n) is 5.36. The highest BCUT2D eigenvalue weighted by Gasteiger charge is 2.15. The van der Waals surface area contributed by atoms with Crippen LogP contribution in [0.1, 0.15) is 0 Å². The van der Waals surface area contributed by atoms with Crippen LogP contribution in [0.15, 0.2) is 51.8 Å². The van der Waals surface area contributed by atoms with Crippen LogP contribution in [0, 0.1) is 3.57 Å². The van der Waals surface area contributed by atoms with Crippen LogP contribution >= 0.6 is 38.5 Å². The number of benzene rings is 2. The number of hydrogen-bond donors (Lipinski definition) is 1. The Morgan fingerprint density at radius 2 is 1.83 bits per heavy atom. The molecule has 0 radical (unpaired) electrons. The molecule has 0 unspecified atom stereocenters. The van der Waals surface area contributed by atoms with Crippen LogP contribution in [0.4, 0.5) is 5.69 Å². The molecular weight excluding hydrogens is 507 g/mol. The van der Waals surface area contributed by atoms with Crippen molar-refractivity contribution in [2.24, 2.45) is 0 Å². The number of ether oxygens (including phenoxy) is 1. The summed E-state index contributed by atoms with van der Waals surface area (Å²) in [6.45, 7) is 1.32. The highest BCUT2D eigenvalue weighted by atomic mass is 127. The van der Waals surface area contributed by atoms with E-state index < -0.39 is 10.0 Å². The fourth-order valence-electron chi connectivity index (χ4n) is 1.84. The van der Waals surface area contributed by atoms with Crippen molar-refractivity contribution in [2.75, 3.05) is 32.0 Å². The molecule has 0 bridgehead atoms. The summed E-state index contributed by atoms with van der Waals surface area (Å²) in [6, 6.07) is 11.7. The summed E-state index contributed by atoms with van der Waals surface area (Å²) in [6.07, 6.45) is 0. The molecule has 0 amide bonds. The highest BCUT2D eigenvalue weighted by Crippen LogP contribution is 2.27. The Balaban J connectivity index is 2.15. The molecule has 5 nitrogen and oxygen atoms in total. The van der Waals surface area contributed by atoms with E-state index >= 15 is 0 Å². The number of likely N-dealkylation sites (N-methyl/N-ethyl adjacent to an activating group) is 1. The molecule has 2 rings (SSSR count). The lowest BCUT2D eigenvalue weighted by atomic mass is 10.3. The first-order valence-corrected chi connectivity index (χ1v) is 10.5. The molecule has 0 atom stereocenters. The van der Waals surface area contributed by atoms with E-state index in [1.165, 1.54) is 0 Å². The smallest absolute Gasteiger partial charge is 0.261 e. The van der Waals surface area contributed by atoms with E-state index in [0.717, 1.165) is 14.6 Å². The second kappa shape index (κ2) is 8.50. The van der Waals surface area contributed by atoms with Crippen LogP contribution in [0.3, 0.4) is 0 Å². The Kier molecular flexibility index (Phi) is 6.90. The van der Waals surface area contributed by atoms with Gasteiger partial charge in [0.05, 0.1) is 14.2 Å². The predicted molar refractivity (Wildman–Crippen MR) is 108 cm³/mol. The molecular formula is C16H18BrIN2O3S. The first kappa shape index (κ1) is 19.5. The molecule has 24 heavy (non-hydrogen) atoms. The number of nitrogens with zero attached hydrogens (tertiary/aromatic N) is 1. The third-order valence-corrected chi connectivity index (χ3v) is 5.92. The fourth-order valence-corrected chi connectivity index (χ4v) is 3.65. The molecule has 0 aliphatic carbocycles. The molecule has 0 aliphatic rings. The average molecular weight is 525 g/mol. The highest BCUT2D eigenvalue weighted by molar-refractivity contribution is 14.1. The molecule has 0 aliphatic heterocycles. The van der Waals surface area contributed by atoms with Crippen molar-refractivity contribution < 1.29 is 13.2 Å². The summed E-state index contributed by atoms with van der Waals surface area (Å²) in [5.74, 6) is 0.661. The Hall–Kier alpha value is -0.840. The molecule has 2 aromatic rings. The zero-order valence-corrected chi connectivity index (χ0v) is 17.9. The van der Waals surface area contributed by atoms with Gasteiger partial charge in [0.25, 0.3) is 10.0 Å². The molecule has 0 saturated heterocycles. The monoisotopic (exact) mass is 524 g/mol. The van der Waals surface area contributed by atoms with Gasteiger partial charge in [-0.05, 0) is 73.1 Å². The molecule has 2 aromatic carbocycles. The molecule has 0 saturated carbocycles. The summed E-state index contributed by atoms with van der Waals surface area (Å²) in [4.78, 5) is 2.23. The van der Waals surface area contributed by atoms with Gasteiger partial charge < -0.3 is 9.64 Å². The Labute approximate surface area is 164 Å². The van der Waals surface area contributed by atoms with Crippen LogP contribution in [0.25, 0.3) is 0 Å². The molecule has 1 N–H and O–H groups in total. The maximum atomic E-state index is 12.4. The van der Waals surface area contributed by atoms with E-state index in [1.54, 1.807) is 36.4 Å². The van der Waals surface area contributed by atoms with E-state index in [0.29, 0.717) is 18.0 Å². The summed E-state index contributed by atoms with van der Waals surface area (Å²) < 4.78 is 34.9. The van der Waals surface area contributed by atoms with Gasteiger partial charge in [0.2, 0.25) is 0 Å². The van der Waals surface area contributed by atoms with Crippen molar-refractivity contribution >= 4 is 54.2 Å². The topological polar surface area (TPSA) is 58.6 Å². The zero-order chi connectivity index (χ0) is 17.7.